The SMILES string of the molecule is C=CC[C@@H](NS(C)(=O)=O)C(=O)N1C[C@H](OC(=O)N2CCCCC2)C[C@H]1C(=O)N[C@@H](CCCCNC(=O)OC(C)(C)C)C(O)c1nc2ccccc2o1. The van der Waals surface area contributed by atoms with E-state index in [9.17, 15) is 32.7 Å². The summed E-state index contributed by atoms with van der Waals surface area (Å²) >= 11 is 0. The third-order valence-corrected chi connectivity index (χ3v) is 9.38. The number of hydrogen-bond acceptors (Lipinski definition) is 11. The number of rotatable bonds is 15. The van der Waals surface area contributed by atoms with Crippen molar-refractivity contribution < 1.29 is 46.6 Å². The van der Waals surface area contributed by atoms with Gasteiger partial charge in [0.25, 0.3) is 0 Å². The largest absolute Gasteiger partial charge is 0.444 e. The van der Waals surface area contributed by atoms with Crippen LogP contribution in [0.1, 0.15) is 84.1 Å². The zero-order chi connectivity index (χ0) is 38.1. The first-order valence-corrected chi connectivity index (χ1v) is 19.6. The van der Waals surface area contributed by atoms with Crippen molar-refractivity contribution in [2.24, 2.45) is 0 Å². The number of unbranched alkanes of at least 4 members (excludes halogenated alkanes) is 1. The summed E-state index contributed by atoms with van der Waals surface area (Å²) in [5.74, 6) is -1.35. The Balaban J connectivity index is 1.54. The van der Waals surface area contributed by atoms with Gasteiger partial charge in [-0.2, -0.15) is 0 Å². The van der Waals surface area contributed by atoms with Gasteiger partial charge in [0.05, 0.1) is 18.8 Å². The molecule has 5 atom stereocenters. The molecule has 3 heterocycles. The minimum absolute atomic E-state index is 0.0190. The number of alkyl carbamates (subject to hydrolysis) is 1. The number of ether oxygens (including phenoxy) is 2. The Hall–Kier alpha value is -4.22. The molecule has 1 aromatic carbocycles. The molecule has 0 aliphatic carbocycles. The van der Waals surface area contributed by atoms with Gasteiger partial charge in [0, 0.05) is 26.1 Å². The third-order valence-electron chi connectivity index (χ3n) is 8.67. The number of hydrogen-bond donors (Lipinski definition) is 4. The lowest BCUT2D eigenvalue weighted by molar-refractivity contribution is -0.140. The predicted molar refractivity (Wildman–Crippen MR) is 191 cm³/mol. The van der Waals surface area contributed by atoms with Gasteiger partial charge in [-0.15, -0.1) is 6.58 Å². The van der Waals surface area contributed by atoms with E-state index < -0.39 is 70.0 Å². The number of aromatic nitrogens is 1. The average Bonchev–Trinajstić information content (AvgIpc) is 3.70. The third kappa shape index (κ3) is 11.9. The first-order chi connectivity index (χ1) is 24.5. The predicted octanol–water partition coefficient (Wildman–Crippen LogP) is 3.13. The summed E-state index contributed by atoms with van der Waals surface area (Å²) < 4.78 is 43.5. The number of carbonyl (C=O) groups is 4. The van der Waals surface area contributed by atoms with Crippen molar-refractivity contribution in [3.05, 3.63) is 42.8 Å². The monoisotopic (exact) mass is 748 g/mol. The van der Waals surface area contributed by atoms with Gasteiger partial charge in [0.15, 0.2) is 11.7 Å². The van der Waals surface area contributed by atoms with Gasteiger partial charge in [0.1, 0.15) is 29.3 Å². The number of amides is 4. The number of sulfonamides is 1. The van der Waals surface area contributed by atoms with E-state index in [4.69, 9.17) is 13.9 Å². The fourth-order valence-corrected chi connectivity index (χ4v) is 6.98. The Labute approximate surface area is 304 Å². The number of para-hydroxylation sites is 2. The number of aliphatic hydroxyl groups is 1. The number of benzene rings is 1. The van der Waals surface area contributed by atoms with Gasteiger partial charge >= 0.3 is 12.2 Å². The van der Waals surface area contributed by atoms with Crippen LogP contribution in [-0.4, -0.2) is 115 Å². The second kappa shape index (κ2) is 18.0. The van der Waals surface area contributed by atoms with Gasteiger partial charge in [-0.05, 0) is 77.8 Å². The van der Waals surface area contributed by atoms with E-state index in [1.54, 1.807) is 49.9 Å². The second-order valence-electron chi connectivity index (χ2n) is 14.3. The number of carbonyl (C=O) groups excluding carboxylic acids is 4. The summed E-state index contributed by atoms with van der Waals surface area (Å²) in [6.07, 6.45) is 2.71. The lowest BCUT2D eigenvalue weighted by atomic mass is 10.0. The molecule has 0 radical (unpaired) electrons. The van der Waals surface area contributed by atoms with Crippen molar-refractivity contribution in [3.8, 4) is 0 Å². The average molecular weight is 749 g/mol. The van der Waals surface area contributed by atoms with Crippen molar-refractivity contribution in [1.82, 2.24) is 30.1 Å². The zero-order valence-electron chi connectivity index (χ0n) is 30.3. The van der Waals surface area contributed by atoms with E-state index in [-0.39, 0.29) is 38.2 Å². The topological polar surface area (TPSA) is 210 Å². The van der Waals surface area contributed by atoms with E-state index in [1.807, 2.05) is 0 Å². The number of fused-ring (bicyclic) bond motifs is 1. The smallest absolute Gasteiger partial charge is 0.410 e. The molecule has 17 heteroatoms. The summed E-state index contributed by atoms with van der Waals surface area (Å²) in [5.41, 5.74) is 0.303. The number of nitrogens with zero attached hydrogens (tertiary/aromatic N) is 3. The lowest BCUT2D eigenvalue weighted by Crippen LogP contribution is -2.54. The van der Waals surface area contributed by atoms with E-state index in [0.717, 1.165) is 25.5 Å². The minimum Gasteiger partial charge on any atom is -0.444 e. The van der Waals surface area contributed by atoms with Crippen LogP contribution in [0.2, 0.25) is 0 Å². The van der Waals surface area contributed by atoms with Gasteiger partial charge in [-0.3, -0.25) is 9.59 Å². The van der Waals surface area contributed by atoms with E-state index >= 15 is 0 Å². The number of oxazole rings is 1. The molecule has 2 aliphatic rings. The van der Waals surface area contributed by atoms with E-state index in [0.29, 0.717) is 37.0 Å². The molecule has 52 heavy (non-hydrogen) atoms. The summed E-state index contributed by atoms with van der Waals surface area (Å²) in [7, 11) is -3.83. The molecule has 4 rings (SSSR count). The van der Waals surface area contributed by atoms with E-state index in [2.05, 4.69) is 26.9 Å². The van der Waals surface area contributed by atoms with Crippen LogP contribution < -0.4 is 15.4 Å². The molecule has 2 aliphatic heterocycles. The summed E-state index contributed by atoms with van der Waals surface area (Å²) in [6.45, 7) is 10.1. The van der Waals surface area contributed by atoms with Crippen LogP contribution in [0.3, 0.4) is 0 Å². The molecular formula is C35H52N6O10S. The van der Waals surface area contributed by atoms with Gasteiger partial charge in [-0.25, -0.2) is 27.7 Å². The van der Waals surface area contributed by atoms with Crippen molar-refractivity contribution in [3.63, 3.8) is 0 Å². The fourth-order valence-electron chi connectivity index (χ4n) is 6.26. The summed E-state index contributed by atoms with van der Waals surface area (Å²) in [6, 6.07) is 3.59. The molecule has 2 aromatic rings. The first-order valence-electron chi connectivity index (χ1n) is 17.7. The Bertz CT molecular complexity index is 1640. The van der Waals surface area contributed by atoms with Crippen LogP contribution in [0, 0.1) is 0 Å². The van der Waals surface area contributed by atoms with Gasteiger partial charge in [0.2, 0.25) is 27.7 Å². The van der Waals surface area contributed by atoms with Crippen LogP contribution in [0.25, 0.3) is 11.1 Å². The molecule has 0 spiro atoms. The highest BCUT2D eigenvalue weighted by Crippen LogP contribution is 2.27. The highest BCUT2D eigenvalue weighted by atomic mass is 32.2. The zero-order valence-corrected chi connectivity index (χ0v) is 31.2. The van der Waals surface area contributed by atoms with Gasteiger partial charge < -0.3 is 39.4 Å². The molecule has 16 nitrogen and oxygen atoms in total. The molecule has 1 aromatic heterocycles. The van der Waals surface area contributed by atoms with Crippen molar-refractivity contribution in [2.75, 3.05) is 32.4 Å². The number of aliphatic hydroxyl groups excluding tert-OH is 1. The lowest BCUT2D eigenvalue weighted by Gasteiger charge is -2.30. The first kappa shape index (κ1) is 40.5. The Morgan fingerprint density at radius 3 is 2.50 bits per heavy atom. The molecule has 0 saturated carbocycles. The van der Waals surface area contributed by atoms with Crippen LogP contribution >= 0.6 is 0 Å². The van der Waals surface area contributed by atoms with Crippen molar-refractivity contribution in [1.29, 1.82) is 0 Å². The Morgan fingerprint density at radius 1 is 1.13 bits per heavy atom. The number of likely N-dealkylation sites (tertiary alicyclic amines) is 2. The highest BCUT2D eigenvalue weighted by Gasteiger charge is 2.45. The van der Waals surface area contributed by atoms with Crippen LogP contribution in [-0.2, 0) is 29.1 Å². The molecule has 2 fully saturated rings. The molecule has 4 N–H and O–H groups in total. The maximum absolute atomic E-state index is 14.1. The summed E-state index contributed by atoms with van der Waals surface area (Å²) in [4.78, 5) is 60.4. The summed E-state index contributed by atoms with van der Waals surface area (Å²) in [5, 5.41) is 17.1. The molecule has 1 unspecified atom stereocenters. The maximum atomic E-state index is 14.1. The van der Waals surface area contributed by atoms with Crippen LogP contribution in [0.5, 0.6) is 0 Å². The van der Waals surface area contributed by atoms with Crippen molar-refractivity contribution in [2.45, 2.75) is 108 Å². The number of nitrogens with one attached hydrogen (secondary N) is 3. The maximum Gasteiger partial charge on any atom is 0.410 e. The minimum atomic E-state index is -3.83. The normalized spacial score (nSPS) is 19.8. The Morgan fingerprint density at radius 2 is 1.85 bits per heavy atom. The van der Waals surface area contributed by atoms with Crippen molar-refractivity contribution >= 4 is 45.1 Å². The van der Waals surface area contributed by atoms with E-state index in [1.165, 1.54) is 11.0 Å². The molecule has 4 amide bonds. The molecule has 2 saturated heterocycles. The highest BCUT2D eigenvalue weighted by molar-refractivity contribution is 7.88. The molecular weight excluding hydrogens is 696 g/mol. The van der Waals surface area contributed by atoms with Crippen LogP contribution in [0.4, 0.5) is 9.59 Å². The standard InChI is InChI=1S/C35H52N6O10S/c1-6-14-26(39-52(5,47)48)32(44)41-22-23(49-34(46)40-19-12-7-13-20-40)21-27(41)30(43)37-25(16-10-11-18-36-33(45)51-35(2,3)4)29(42)31-38-24-15-8-9-17-28(24)50-31/h6,8-9,15,17,23,25-27,29,39,42H,1,7,10-14,16,18-22H2,2-5H3,(H,36,45)(H,37,43)/t23-,25+,26-,27+,29?/m1/s1. The Kier molecular flexibility index (Phi) is 14.0. The quantitative estimate of drug-likeness (QED) is 0.154. The second-order valence-corrected chi connectivity index (χ2v) is 16.0. The van der Waals surface area contributed by atoms with Crippen LogP contribution in [0.15, 0.2) is 41.3 Å². The molecule has 0 bridgehead atoms. The van der Waals surface area contributed by atoms with Gasteiger partial charge in [-0.1, -0.05) is 18.2 Å². The fraction of sp³-hybridized carbons (Fsp3) is 0.629. The molecule has 288 valence electrons. The number of piperidine rings is 1.